The number of carbonyl (C=O) groups is 1. The van der Waals surface area contributed by atoms with Crippen molar-refractivity contribution in [2.45, 2.75) is 30.6 Å². The summed E-state index contributed by atoms with van der Waals surface area (Å²) in [6, 6.07) is 10.4. The highest BCUT2D eigenvalue weighted by atomic mass is 32.2. The van der Waals surface area contributed by atoms with Crippen LogP contribution in [0.3, 0.4) is 0 Å². The van der Waals surface area contributed by atoms with E-state index in [2.05, 4.69) is 24.3 Å². The number of hydrogen-bond donors (Lipinski definition) is 0. The molecule has 0 saturated carbocycles. The summed E-state index contributed by atoms with van der Waals surface area (Å²) in [7, 11) is 1.92. The highest BCUT2D eigenvalue weighted by Crippen LogP contribution is 2.19. The largest absolute Gasteiger partial charge is 0.381 e. The highest BCUT2D eigenvalue weighted by molar-refractivity contribution is 7.99. The molecule has 1 aliphatic rings. The molecule has 1 amide bonds. The van der Waals surface area contributed by atoms with Gasteiger partial charge in [0, 0.05) is 38.1 Å². The van der Waals surface area contributed by atoms with Gasteiger partial charge in [0.25, 0.3) is 0 Å². The van der Waals surface area contributed by atoms with Crippen molar-refractivity contribution >= 4 is 17.7 Å². The molecule has 0 aromatic heterocycles. The zero-order chi connectivity index (χ0) is 14.9. The predicted octanol–water partition coefficient (Wildman–Crippen LogP) is 3.44. The van der Waals surface area contributed by atoms with Gasteiger partial charge in [-0.15, -0.1) is 11.8 Å². The molecule has 116 valence electrons. The monoisotopic (exact) mass is 307 g/mol. The lowest BCUT2D eigenvalue weighted by molar-refractivity contribution is -0.132. The molecular formula is C17H25NO2S. The highest BCUT2D eigenvalue weighted by Gasteiger charge is 2.19. The van der Waals surface area contributed by atoms with Gasteiger partial charge in [0.2, 0.25) is 5.91 Å². The lowest BCUT2D eigenvalue weighted by atomic mass is 9.98. The predicted molar refractivity (Wildman–Crippen MR) is 87.6 cm³/mol. The third-order valence-corrected chi connectivity index (χ3v) is 4.89. The summed E-state index contributed by atoms with van der Waals surface area (Å²) in [4.78, 5) is 15.3. The van der Waals surface area contributed by atoms with Gasteiger partial charge in [0.15, 0.2) is 0 Å². The molecule has 21 heavy (non-hydrogen) atoms. The van der Waals surface area contributed by atoms with Crippen molar-refractivity contribution in [3.8, 4) is 0 Å². The lowest BCUT2D eigenvalue weighted by Crippen LogP contribution is -2.31. The maximum Gasteiger partial charge on any atom is 0.222 e. The molecule has 1 unspecified atom stereocenters. The number of benzene rings is 1. The third kappa shape index (κ3) is 6.10. The van der Waals surface area contributed by atoms with Crippen LogP contribution in [0.15, 0.2) is 35.2 Å². The zero-order valence-corrected chi connectivity index (χ0v) is 13.6. The first-order chi connectivity index (χ1) is 10.3. The molecule has 1 heterocycles. The Morgan fingerprint density at radius 1 is 1.38 bits per heavy atom. The Hall–Kier alpha value is -1.00. The van der Waals surface area contributed by atoms with E-state index in [0.29, 0.717) is 12.3 Å². The zero-order valence-electron chi connectivity index (χ0n) is 12.8. The van der Waals surface area contributed by atoms with Crippen LogP contribution in [0.5, 0.6) is 0 Å². The van der Waals surface area contributed by atoms with E-state index in [9.17, 15) is 4.79 Å². The van der Waals surface area contributed by atoms with E-state index in [1.54, 1.807) is 0 Å². The van der Waals surface area contributed by atoms with Gasteiger partial charge in [-0.05, 0) is 43.1 Å². The smallest absolute Gasteiger partial charge is 0.222 e. The molecular weight excluding hydrogens is 282 g/mol. The van der Waals surface area contributed by atoms with Crippen LogP contribution < -0.4 is 0 Å². The average Bonchev–Trinajstić information content (AvgIpc) is 2.53. The fraction of sp³-hybridized carbons (Fsp3) is 0.588. The number of nitrogens with zero attached hydrogens (tertiary/aromatic N) is 1. The van der Waals surface area contributed by atoms with Gasteiger partial charge in [-0.3, -0.25) is 4.79 Å². The molecule has 1 aromatic rings. The van der Waals surface area contributed by atoms with Crippen LogP contribution in [0.4, 0.5) is 0 Å². The number of ether oxygens (including phenoxy) is 1. The summed E-state index contributed by atoms with van der Waals surface area (Å²) < 4.78 is 5.44. The van der Waals surface area contributed by atoms with Crippen LogP contribution in [-0.2, 0) is 9.53 Å². The summed E-state index contributed by atoms with van der Waals surface area (Å²) in [5, 5.41) is 0. The normalized spacial score (nSPS) is 18.4. The van der Waals surface area contributed by atoms with Crippen molar-refractivity contribution in [1.29, 1.82) is 0 Å². The molecule has 0 aliphatic carbocycles. The molecule has 0 radical (unpaired) electrons. The van der Waals surface area contributed by atoms with E-state index in [1.165, 1.54) is 4.90 Å². The molecule has 1 saturated heterocycles. The van der Waals surface area contributed by atoms with Crippen LogP contribution in [-0.4, -0.2) is 43.4 Å². The van der Waals surface area contributed by atoms with Gasteiger partial charge in [-0.2, -0.15) is 0 Å². The van der Waals surface area contributed by atoms with Crippen molar-refractivity contribution < 1.29 is 9.53 Å². The second-order valence-corrected chi connectivity index (χ2v) is 6.79. The first-order valence-electron chi connectivity index (χ1n) is 7.75. The maximum absolute atomic E-state index is 12.1. The van der Waals surface area contributed by atoms with Gasteiger partial charge < -0.3 is 9.64 Å². The molecule has 1 aliphatic heterocycles. The number of hydrogen-bond acceptors (Lipinski definition) is 3. The second kappa shape index (κ2) is 9.11. The molecule has 0 spiro atoms. The van der Waals surface area contributed by atoms with Crippen LogP contribution in [0.25, 0.3) is 0 Å². The van der Waals surface area contributed by atoms with Gasteiger partial charge in [0.1, 0.15) is 0 Å². The quantitative estimate of drug-likeness (QED) is 0.571. The van der Waals surface area contributed by atoms with Crippen LogP contribution in [0.1, 0.15) is 25.7 Å². The molecule has 2 rings (SSSR count). The van der Waals surface area contributed by atoms with E-state index in [1.807, 2.05) is 29.8 Å². The Labute approximate surface area is 132 Å². The number of carbonyl (C=O) groups excluding carboxylic acids is 1. The molecule has 1 aromatic carbocycles. The summed E-state index contributed by atoms with van der Waals surface area (Å²) in [6.07, 6.45) is 3.89. The van der Waals surface area contributed by atoms with Crippen LogP contribution in [0, 0.1) is 5.92 Å². The van der Waals surface area contributed by atoms with Crippen molar-refractivity contribution in [3.05, 3.63) is 30.3 Å². The number of thioether (sulfide) groups is 1. The van der Waals surface area contributed by atoms with Crippen molar-refractivity contribution in [3.63, 3.8) is 0 Å². The number of amides is 1. The Morgan fingerprint density at radius 3 is 2.90 bits per heavy atom. The van der Waals surface area contributed by atoms with Crippen molar-refractivity contribution in [1.82, 2.24) is 4.90 Å². The minimum atomic E-state index is 0.259. The van der Waals surface area contributed by atoms with Crippen LogP contribution in [0.2, 0.25) is 0 Å². The Kier molecular flexibility index (Phi) is 7.10. The fourth-order valence-electron chi connectivity index (χ4n) is 2.50. The topological polar surface area (TPSA) is 29.5 Å². The number of rotatable bonds is 7. The van der Waals surface area contributed by atoms with Crippen molar-refractivity contribution in [2.75, 3.05) is 32.6 Å². The van der Waals surface area contributed by atoms with Crippen LogP contribution >= 0.6 is 11.8 Å². The van der Waals surface area contributed by atoms with E-state index in [4.69, 9.17) is 4.74 Å². The minimum Gasteiger partial charge on any atom is -0.381 e. The Balaban J connectivity index is 1.60. The Bertz CT molecular complexity index is 418. The molecule has 0 N–H and O–H groups in total. The molecule has 3 nitrogen and oxygen atoms in total. The van der Waals surface area contributed by atoms with E-state index in [0.717, 1.165) is 44.8 Å². The summed E-state index contributed by atoms with van der Waals surface area (Å²) in [6.45, 7) is 2.45. The Morgan fingerprint density at radius 2 is 2.19 bits per heavy atom. The summed E-state index contributed by atoms with van der Waals surface area (Å²) in [5.41, 5.74) is 0. The molecule has 0 bridgehead atoms. The van der Waals surface area contributed by atoms with E-state index < -0.39 is 0 Å². The molecule has 4 heteroatoms. The van der Waals surface area contributed by atoms with Gasteiger partial charge >= 0.3 is 0 Å². The SMILES string of the molecule is CN(CCCSc1ccccc1)C(=O)CC1CCCOC1. The average molecular weight is 307 g/mol. The standard InChI is InChI=1S/C17H25NO2S/c1-18(17(19)13-15-7-5-11-20-14-15)10-6-12-21-16-8-3-2-4-9-16/h2-4,8-9,15H,5-7,10-14H2,1H3. The molecule has 1 fully saturated rings. The summed E-state index contributed by atoms with van der Waals surface area (Å²) >= 11 is 1.85. The maximum atomic E-state index is 12.1. The summed E-state index contributed by atoms with van der Waals surface area (Å²) in [5.74, 6) is 1.73. The molecule has 1 atom stereocenters. The van der Waals surface area contributed by atoms with Gasteiger partial charge in [-0.1, -0.05) is 18.2 Å². The lowest BCUT2D eigenvalue weighted by Gasteiger charge is -2.24. The second-order valence-electron chi connectivity index (χ2n) is 5.62. The van der Waals surface area contributed by atoms with Gasteiger partial charge in [-0.25, -0.2) is 0 Å². The first kappa shape index (κ1) is 16.4. The van der Waals surface area contributed by atoms with E-state index in [-0.39, 0.29) is 5.91 Å². The minimum absolute atomic E-state index is 0.259. The van der Waals surface area contributed by atoms with Gasteiger partial charge in [0.05, 0.1) is 0 Å². The van der Waals surface area contributed by atoms with E-state index >= 15 is 0 Å². The fourth-order valence-corrected chi connectivity index (χ4v) is 3.36. The third-order valence-electron chi connectivity index (χ3n) is 3.79. The first-order valence-corrected chi connectivity index (χ1v) is 8.74. The van der Waals surface area contributed by atoms with Crippen molar-refractivity contribution in [2.24, 2.45) is 5.92 Å².